The lowest BCUT2D eigenvalue weighted by Gasteiger charge is -2.11. The maximum atomic E-state index is 13.2. The molecule has 4 nitrogen and oxygen atoms in total. The lowest BCUT2D eigenvalue weighted by atomic mass is 10.1. The minimum absolute atomic E-state index is 0.0618. The Hall–Kier alpha value is -2.27. The number of halogens is 2. The summed E-state index contributed by atoms with van der Waals surface area (Å²) >= 11 is 6.15. The molecule has 3 N–H and O–H groups in total. The Morgan fingerprint density at radius 1 is 1.29 bits per heavy atom. The third-order valence-corrected chi connectivity index (χ3v) is 3.56. The summed E-state index contributed by atoms with van der Waals surface area (Å²) in [7, 11) is 0. The number of carbonyl (C=O) groups is 1. The number of amides is 1. The smallest absolute Gasteiger partial charge is 0.228 e. The molecule has 1 heterocycles. The predicted molar refractivity (Wildman–Crippen MR) is 79.2 cm³/mol. The molecule has 0 saturated heterocycles. The molecular weight excluding hydrogens is 295 g/mol. The van der Waals surface area contributed by atoms with Gasteiger partial charge in [-0.3, -0.25) is 4.79 Å². The van der Waals surface area contributed by atoms with Crippen molar-refractivity contribution in [2.75, 3.05) is 10.6 Å². The van der Waals surface area contributed by atoms with Gasteiger partial charge in [0.15, 0.2) is 0 Å². The molecule has 2 aromatic rings. The van der Waals surface area contributed by atoms with E-state index in [0.29, 0.717) is 29.2 Å². The normalized spacial score (nSPS) is 13.0. The summed E-state index contributed by atoms with van der Waals surface area (Å²) in [6.07, 6.45) is 0.321. The molecule has 21 heavy (non-hydrogen) atoms. The summed E-state index contributed by atoms with van der Waals surface area (Å²) in [5.74, 6) is -0.684. The van der Waals surface area contributed by atoms with Gasteiger partial charge in [-0.05, 0) is 35.4 Å². The predicted octanol–water partition coefficient (Wildman–Crippen LogP) is 3.29. The highest BCUT2D eigenvalue weighted by Gasteiger charge is 2.19. The third-order valence-electron chi connectivity index (χ3n) is 3.24. The van der Waals surface area contributed by atoms with E-state index in [-0.39, 0.29) is 11.7 Å². The van der Waals surface area contributed by atoms with Crippen molar-refractivity contribution in [2.24, 2.45) is 0 Å². The van der Waals surface area contributed by atoms with Crippen molar-refractivity contribution in [1.82, 2.24) is 0 Å². The zero-order chi connectivity index (χ0) is 15.0. The molecule has 108 valence electrons. The first-order valence-electron chi connectivity index (χ1n) is 6.36. The van der Waals surface area contributed by atoms with Gasteiger partial charge in [-0.25, -0.2) is 4.39 Å². The number of carbonyl (C=O) groups excluding carboxylic acids is 1. The Labute approximate surface area is 125 Å². The maximum absolute atomic E-state index is 13.2. The average molecular weight is 307 g/mol. The molecule has 0 saturated carbocycles. The van der Waals surface area contributed by atoms with Gasteiger partial charge in [-0.1, -0.05) is 11.6 Å². The van der Waals surface area contributed by atoms with Crippen LogP contribution in [0.4, 0.5) is 15.8 Å². The Morgan fingerprint density at radius 2 is 2.10 bits per heavy atom. The van der Waals surface area contributed by atoms with E-state index in [1.54, 1.807) is 12.1 Å². The molecule has 0 radical (unpaired) electrons. The van der Waals surface area contributed by atoms with Crippen LogP contribution in [0, 0.1) is 5.82 Å². The van der Waals surface area contributed by atoms with Crippen molar-refractivity contribution in [2.45, 2.75) is 13.0 Å². The number of phenols is 1. The number of aromatic hydroxyl groups is 1. The second kappa shape index (κ2) is 5.26. The van der Waals surface area contributed by atoms with Gasteiger partial charge in [0.25, 0.3) is 0 Å². The van der Waals surface area contributed by atoms with E-state index in [1.807, 2.05) is 0 Å². The van der Waals surface area contributed by atoms with Crippen LogP contribution in [0.2, 0.25) is 5.02 Å². The highest BCUT2D eigenvalue weighted by molar-refractivity contribution is 6.33. The van der Waals surface area contributed by atoms with Gasteiger partial charge in [0.1, 0.15) is 11.6 Å². The monoisotopic (exact) mass is 306 g/mol. The van der Waals surface area contributed by atoms with E-state index < -0.39 is 5.82 Å². The average Bonchev–Trinajstić information content (AvgIpc) is 2.74. The van der Waals surface area contributed by atoms with Gasteiger partial charge in [0, 0.05) is 18.3 Å². The quantitative estimate of drug-likeness (QED) is 0.815. The molecule has 0 spiro atoms. The fourth-order valence-electron chi connectivity index (χ4n) is 2.32. The van der Waals surface area contributed by atoms with Crippen molar-refractivity contribution >= 4 is 28.9 Å². The van der Waals surface area contributed by atoms with Gasteiger partial charge in [0.2, 0.25) is 5.91 Å². The van der Waals surface area contributed by atoms with E-state index >= 15 is 0 Å². The van der Waals surface area contributed by atoms with Crippen LogP contribution in [-0.4, -0.2) is 11.0 Å². The fraction of sp³-hybridized carbons (Fsp3) is 0.133. The van der Waals surface area contributed by atoms with E-state index in [9.17, 15) is 14.3 Å². The first-order chi connectivity index (χ1) is 10.0. The van der Waals surface area contributed by atoms with Crippen LogP contribution in [0.5, 0.6) is 5.75 Å². The van der Waals surface area contributed by atoms with Crippen molar-refractivity contribution in [3.63, 3.8) is 0 Å². The number of nitrogens with one attached hydrogen (secondary N) is 2. The Morgan fingerprint density at radius 3 is 2.86 bits per heavy atom. The van der Waals surface area contributed by atoms with E-state index in [4.69, 9.17) is 11.6 Å². The molecule has 6 heteroatoms. The SMILES string of the molecule is O=C1Cc2cc(NCc3cc(O)cc(F)c3)c(Cl)cc2N1. The fourth-order valence-corrected chi connectivity index (χ4v) is 2.55. The van der Waals surface area contributed by atoms with Crippen LogP contribution in [0.25, 0.3) is 0 Å². The molecule has 0 aliphatic carbocycles. The van der Waals surface area contributed by atoms with E-state index in [2.05, 4.69) is 10.6 Å². The van der Waals surface area contributed by atoms with E-state index in [1.165, 1.54) is 12.1 Å². The molecule has 0 aromatic heterocycles. The molecular formula is C15H12ClFN2O2. The molecule has 0 bridgehead atoms. The van der Waals surface area contributed by atoms with Crippen molar-refractivity contribution < 1.29 is 14.3 Å². The number of hydrogen-bond donors (Lipinski definition) is 3. The van der Waals surface area contributed by atoms with Crippen LogP contribution >= 0.6 is 11.6 Å². The minimum Gasteiger partial charge on any atom is -0.508 e. The summed E-state index contributed by atoms with van der Waals surface area (Å²) in [6, 6.07) is 7.34. The lowest BCUT2D eigenvalue weighted by Crippen LogP contribution is -2.03. The molecule has 3 rings (SSSR count). The minimum atomic E-state index is -0.498. The summed E-state index contributed by atoms with van der Waals surface area (Å²) in [6.45, 7) is 0.311. The summed E-state index contributed by atoms with van der Waals surface area (Å²) in [4.78, 5) is 11.3. The molecule has 0 fully saturated rings. The van der Waals surface area contributed by atoms with Crippen molar-refractivity contribution in [1.29, 1.82) is 0 Å². The van der Waals surface area contributed by atoms with Gasteiger partial charge < -0.3 is 15.7 Å². The molecule has 1 aliphatic heterocycles. The first-order valence-corrected chi connectivity index (χ1v) is 6.73. The second-order valence-corrected chi connectivity index (χ2v) is 5.29. The summed E-state index contributed by atoms with van der Waals surface area (Å²) in [5, 5.41) is 15.6. The van der Waals surface area contributed by atoms with Gasteiger partial charge in [-0.2, -0.15) is 0 Å². The summed E-state index contributed by atoms with van der Waals surface area (Å²) < 4.78 is 13.2. The molecule has 0 atom stereocenters. The van der Waals surface area contributed by atoms with Crippen LogP contribution < -0.4 is 10.6 Å². The molecule has 1 amide bonds. The molecule has 2 aromatic carbocycles. The standard InChI is InChI=1S/C15H12ClFN2O2/c16-12-6-13-9(4-15(21)19-13)3-14(12)18-7-8-1-10(17)5-11(20)2-8/h1-3,5-6,18,20H,4,7H2,(H,19,21). The van der Waals surface area contributed by atoms with Crippen LogP contribution in [-0.2, 0) is 17.8 Å². The lowest BCUT2D eigenvalue weighted by molar-refractivity contribution is -0.115. The van der Waals surface area contributed by atoms with Crippen LogP contribution in [0.1, 0.15) is 11.1 Å². The Kier molecular flexibility index (Phi) is 3.43. The first kappa shape index (κ1) is 13.7. The highest BCUT2D eigenvalue weighted by atomic mass is 35.5. The number of fused-ring (bicyclic) bond motifs is 1. The van der Waals surface area contributed by atoms with Crippen molar-refractivity contribution in [3.8, 4) is 5.75 Å². The van der Waals surface area contributed by atoms with Gasteiger partial charge in [-0.15, -0.1) is 0 Å². The Bertz CT molecular complexity index is 714. The molecule has 1 aliphatic rings. The summed E-state index contributed by atoms with van der Waals surface area (Å²) in [5.41, 5.74) is 2.85. The van der Waals surface area contributed by atoms with E-state index in [0.717, 1.165) is 17.3 Å². The van der Waals surface area contributed by atoms with Gasteiger partial charge in [0.05, 0.1) is 17.1 Å². The topological polar surface area (TPSA) is 61.4 Å². The maximum Gasteiger partial charge on any atom is 0.228 e. The largest absolute Gasteiger partial charge is 0.508 e. The Balaban J connectivity index is 1.79. The second-order valence-electron chi connectivity index (χ2n) is 4.89. The number of benzene rings is 2. The number of phenolic OH excluding ortho intramolecular Hbond substituents is 1. The third kappa shape index (κ3) is 2.92. The zero-order valence-corrected chi connectivity index (χ0v) is 11.7. The highest BCUT2D eigenvalue weighted by Crippen LogP contribution is 2.33. The van der Waals surface area contributed by atoms with Crippen molar-refractivity contribution in [3.05, 3.63) is 52.3 Å². The molecule has 0 unspecified atom stereocenters. The van der Waals surface area contributed by atoms with Gasteiger partial charge >= 0.3 is 0 Å². The van der Waals surface area contributed by atoms with Crippen LogP contribution in [0.3, 0.4) is 0 Å². The zero-order valence-electron chi connectivity index (χ0n) is 10.9. The number of rotatable bonds is 3. The number of anilines is 2. The number of hydrogen-bond acceptors (Lipinski definition) is 3. The van der Waals surface area contributed by atoms with Crippen LogP contribution in [0.15, 0.2) is 30.3 Å².